The molecule has 0 N–H and O–H groups in total. The van der Waals surface area contributed by atoms with Gasteiger partial charge in [0.05, 0.1) is 26.9 Å². The monoisotopic (exact) mass is 769 g/mol. The first kappa shape index (κ1) is 32.5. The van der Waals surface area contributed by atoms with Gasteiger partial charge in [0.25, 0.3) is 0 Å². The molecule has 9 aromatic carbocycles. The molecule has 4 heterocycles. The second-order valence-electron chi connectivity index (χ2n) is 15.3. The van der Waals surface area contributed by atoms with Gasteiger partial charge in [-0.2, -0.15) is 0 Å². The SMILES string of the molecule is c1ccc(-c2ccc3c(c2)c2c4ccccc4ccc2n3-c2ccc3c(c2)oc2cc(-c4nc(-c5ccc6ccccc6c5)c5sc6ccccc6c5n4)ccc23)cc1. The number of furan rings is 1. The third-order valence-corrected chi connectivity index (χ3v) is 13.1. The molecule has 0 fully saturated rings. The van der Waals surface area contributed by atoms with Gasteiger partial charge >= 0.3 is 0 Å². The Morgan fingerprint density at radius 3 is 2.02 bits per heavy atom. The Morgan fingerprint density at radius 1 is 0.424 bits per heavy atom. The van der Waals surface area contributed by atoms with E-state index in [1.54, 1.807) is 11.3 Å². The molecule has 5 heteroatoms. The van der Waals surface area contributed by atoms with Gasteiger partial charge in [0, 0.05) is 54.5 Å². The fourth-order valence-corrected chi connectivity index (χ4v) is 10.3. The number of hydrogen-bond donors (Lipinski definition) is 0. The maximum absolute atomic E-state index is 6.76. The van der Waals surface area contributed by atoms with E-state index in [-0.39, 0.29) is 0 Å². The van der Waals surface area contributed by atoms with Crippen LogP contribution in [0, 0.1) is 0 Å². The van der Waals surface area contributed by atoms with Crippen molar-refractivity contribution in [3.05, 3.63) is 188 Å². The summed E-state index contributed by atoms with van der Waals surface area (Å²) >= 11 is 1.75. The predicted molar refractivity (Wildman–Crippen MR) is 248 cm³/mol. The summed E-state index contributed by atoms with van der Waals surface area (Å²) in [6, 6.07) is 67.3. The largest absolute Gasteiger partial charge is 0.456 e. The topological polar surface area (TPSA) is 43.9 Å². The van der Waals surface area contributed by atoms with Crippen LogP contribution in [0.15, 0.2) is 192 Å². The van der Waals surface area contributed by atoms with Crippen molar-refractivity contribution in [2.75, 3.05) is 0 Å². The molecule has 0 spiro atoms. The Balaban J connectivity index is 0.980. The number of nitrogens with zero attached hydrogens (tertiary/aromatic N) is 3. The lowest BCUT2D eigenvalue weighted by atomic mass is 10.0. The predicted octanol–water partition coefficient (Wildman–Crippen LogP) is 15.1. The van der Waals surface area contributed by atoms with Gasteiger partial charge in [-0.3, -0.25) is 0 Å². The minimum absolute atomic E-state index is 0.680. The lowest BCUT2D eigenvalue weighted by molar-refractivity contribution is 0.669. The molecule has 0 unspecified atom stereocenters. The number of aromatic nitrogens is 3. The van der Waals surface area contributed by atoms with Crippen molar-refractivity contribution in [3.63, 3.8) is 0 Å². The van der Waals surface area contributed by atoms with E-state index in [1.165, 1.54) is 48.1 Å². The third kappa shape index (κ3) is 4.95. The molecule has 59 heavy (non-hydrogen) atoms. The van der Waals surface area contributed by atoms with Gasteiger partial charge < -0.3 is 8.98 Å². The van der Waals surface area contributed by atoms with Crippen molar-refractivity contribution < 1.29 is 4.42 Å². The summed E-state index contributed by atoms with van der Waals surface area (Å²) in [5, 5.41) is 10.6. The second-order valence-corrected chi connectivity index (χ2v) is 16.4. The molecular formula is C54H31N3OS. The van der Waals surface area contributed by atoms with Crippen molar-refractivity contribution in [3.8, 4) is 39.5 Å². The maximum Gasteiger partial charge on any atom is 0.160 e. The highest BCUT2D eigenvalue weighted by Gasteiger charge is 2.20. The van der Waals surface area contributed by atoms with Crippen LogP contribution in [0.5, 0.6) is 0 Å². The average molecular weight is 770 g/mol. The molecule has 274 valence electrons. The van der Waals surface area contributed by atoms with Gasteiger partial charge in [-0.05, 0) is 87.3 Å². The zero-order valence-electron chi connectivity index (χ0n) is 31.6. The van der Waals surface area contributed by atoms with Gasteiger partial charge in [-0.1, -0.05) is 127 Å². The molecule has 0 aliphatic carbocycles. The highest BCUT2D eigenvalue weighted by Crippen LogP contribution is 2.43. The standard InChI is InChI=1S/C54H31N3OS/c1-2-10-32(11-3-1)36-22-26-45-44(29-36)50-40-15-7-6-13-34(40)21-27-46(50)57(45)39-23-25-42-41-24-20-38(30-47(41)58-48(42)31-39)54-55-51(37-19-18-33-12-4-5-14-35(33)28-37)53-52(56-54)43-16-8-9-17-49(43)59-53/h1-31H. The van der Waals surface area contributed by atoms with Crippen molar-refractivity contribution in [2.45, 2.75) is 0 Å². The first-order chi connectivity index (χ1) is 29.2. The molecule has 0 aliphatic heterocycles. The molecule has 0 bridgehead atoms. The van der Waals surface area contributed by atoms with Crippen LogP contribution in [0.2, 0.25) is 0 Å². The van der Waals surface area contributed by atoms with E-state index in [1.807, 2.05) is 0 Å². The number of thiophene rings is 1. The number of fused-ring (bicyclic) bond motifs is 12. The summed E-state index contributed by atoms with van der Waals surface area (Å²) in [4.78, 5) is 10.6. The summed E-state index contributed by atoms with van der Waals surface area (Å²) in [5.74, 6) is 0.680. The minimum atomic E-state index is 0.680. The molecule has 0 saturated heterocycles. The summed E-state index contributed by atoms with van der Waals surface area (Å²) in [5.41, 5.74) is 11.3. The number of hydrogen-bond acceptors (Lipinski definition) is 4. The molecular weight excluding hydrogens is 739 g/mol. The zero-order valence-corrected chi connectivity index (χ0v) is 32.4. The highest BCUT2D eigenvalue weighted by molar-refractivity contribution is 7.26. The fourth-order valence-electron chi connectivity index (χ4n) is 9.18. The van der Waals surface area contributed by atoms with Crippen LogP contribution in [0.25, 0.3) is 125 Å². The Morgan fingerprint density at radius 2 is 1.12 bits per heavy atom. The lowest BCUT2D eigenvalue weighted by Crippen LogP contribution is -1.93. The molecule has 13 aromatic rings. The van der Waals surface area contributed by atoms with E-state index in [4.69, 9.17) is 14.4 Å². The van der Waals surface area contributed by atoms with E-state index >= 15 is 0 Å². The van der Waals surface area contributed by atoms with Gasteiger partial charge in [0.2, 0.25) is 0 Å². The van der Waals surface area contributed by atoms with Crippen LogP contribution in [-0.4, -0.2) is 14.5 Å². The molecule has 0 aliphatic rings. The van der Waals surface area contributed by atoms with Crippen molar-refractivity contribution in [1.29, 1.82) is 0 Å². The van der Waals surface area contributed by atoms with E-state index < -0.39 is 0 Å². The Bertz CT molecular complexity index is 3860. The van der Waals surface area contributed by atoms with Crippen LogP contribution in [0.1, 0.15) is 0 Å². The zero-order chi connectivity index (χ0) is 38.6. The van der Waals surface area contributed by atoms with Gasteiger partial charge in [-0.15, -0.1) is 11.3 Å². The fraction of sp³-hybridized carbons (Fsp3) is 0. The third-order valence-electron chi connectivity index (χ3n) is 12.0. The summed E-state index contributed by atoms with van der Waals surface area (Å²) in [6.07, 6.45) is 0. The Hall–Kier alpha value is -7.60. The van der Waals surface area contributed by atoms with Crippen LogP contribution in [0.4, 0.5) is 0 Å². The lowest BCUT2D eigenvalue weighted by Gasteiger charge is -2.09. The normalized spacial score (nSPS) is 12.1. The molecule has 0 amide bonds. The van der Waals surface area contributed by atoms with Crippen LogP contribution >= 0.6 is 11.3 Å². The average Bonchev–Trinajstić information content (AvgIpc) is 3.97. The van der Waals surface area contributed by atoms with Gasteiger partial charge in [-0.25, -0.2) is 9.97 Å². The van der Waals surface area contributed by atoms with Crippen LogP contribution in [-0.2, 0) is 0 Å². The first-order valence-corrected chi connectivity index (χ1v) is 20.7. The summed E-state index contributed by atoms with van der Waals surface area (Å²) in [6.45, 7) is 0. The van der Waals surface area contributed by atoms with E-state index in [2.05, 4.69) is 193 Å². The van der Waals surface area contributed by atoms with Crippen molar-refractivity contribution in [1.82, 2.24) is 14.5 Å². The molecule has 0 atom stereocenters. The van der Waals surface area contributed by atoms with Gasteiger partial charge in [0.15, 0.2) is 5.82 Å². The summed E-state index contributed by atoms with van der Waals surface area (Å²) < 4.78 is 11.4. The van der Waals surface area contributed by atoms with Crippen LogP contribution in [0.3, 0.4) is 0 Å². The molecule has 4 nitrogen and oxygen atoms in total. The molecule has 0 saturated carbocycles. The smallest absolute Gasteiger partial charge is 0.160 e. The highest BCUT2D eigenvalue weighted by atomic mass is 32.1. The van der Waals surface area contributed by atoms with E-state index in [0.717, 1.165) is 71.1 Å². The minimum Gasteiger partial charge on any atom is -0.456 e. The van der Waals surface area contributed by atoms with Gasteiger partial charge in [0.1, 0.15) is 11.2 Å². The van der Waals surface area contributed by atoms with Crippen molar-refractivity contribution in [2.24, 2.45) is 0 Å². The maximum atomic E-state index is 6.76. The Kier molecular flexibility index (Phi) is 6.85. The molecule has 13 rings (SSSR count). The first-order valence-electron chi connectivity index (χ1n) is 19.9. The van der Waals surface area contributed by atoms with E-state index in [9.17, 15) is 0 Å². The Labute approximate surface area is 341 Å². The number of rotatable bonds is 4. The van der Waals surface area contributed by atoms with E-state index in [0.29, 0.717) is 5.82 Å². The second kappa shape index (κ2) is 12.4. The van der Waals surface area contributed by atoms with Crippen LogP contribution < -0.4 is 0 Å². The summed E-state index contributed by atoms with van der Waals surface area (Å²) in [7, 11) is 0. The molecule has 4 aromatic heterocycles. The quantitative estimate of drug-likeness (QED) is 0.179. The molecule has 0 radical (unpaired) electrons. The number of benzene rings is 9. The van der Waals surface area contributed by atoms with Crippen molar-refractivity contribution >= 4 is 96.9 Å².